The minimum Gasteiger partial charge on any atom is -0.308 e. The van der Waals surface area contributed by atoms with E-state index in [1.54, 1.807) is 0 Å². The van der Waals surface area contributed by atoms with Crippen molar-refractivity contribution in [2.24, 2.45) is 5.41 Å². The third-order valence-electron chi connectivity index (χ3n) is 3.35. The minimum absolute atomic E-state index is 0.0645. The maximum absolute atomic E-state index is 12.1. The summed E-state index contributed by atoms with van der Waals surface area (Å²) in [7, 11) is -3.23. The molecule has 1 aromatic rings. The Balaban J connectivity index is 2.02. The van der Waals surface area contributed by atoms with Crippen molar-refractivity contribution in [3.63, 3.8) is 0 Å². The smallest absolute Gasteiger partial charge is 0.212 e. The van der Waals surface area contributed by atoms with Crippen LogP contribution >= 0.6 is 0 Å². The van der Waals surface area contributed by atoms with E-state index in [0.717, 1.165) is 13.0 Å². The lowest BCUT2D eigenvalue weighted by atomic mass is 9.95. The highest BCUT2D eigenvalue weighted by atomic mass is 32.2. The number of sulfonamides is 1. The average Bonchev–Trinajstić information content (AvgIpc) is 2.33. The van der Waals surface area contributed by atoms with E-state index in [0.29, 0.717) is 6.54 Å². The van der Waals surface area contributed by atoms with Gasteiger partial charge in [0, 0.05) is 12.6 Å². The molecule has 5 heteroatoms. The first-order valence-corrected chi connectivity index (χ1v) is 8.71. The van der Waals surface area contributed by atoms with E-state index in [2.05, 4.69) is 22.2 Å². The van der Waals surface area contributed by atoms with Crippen molar-refractivity contribution >= 4 is 10.0 Å². The van der Waals surface area contributed by atoms with Crippen molar-refractivity contribution in [1.82, 2.24) is 10.0 Å². The van der Waals surface area contributed by atoms with Crippen molar-refractivity contribution in [2.75, 3.05) is 18.8 Å². The molecule has 0 aliphatic carbocycles. The summed E-state index contributed by atoms with van der Waals surface area (Å²) in [6.45, 7) is 7.10. The topological polar surface area (TPSA) is 58.2 Å². The van der Waals surface area contributed by atoms with Crippen LogP contribution in [0, 0.1) is 5.41 Å². The first kappa shape index (κ1) is 15.5. The van der Waals surface area contributed by atoms with E-state index < -0.39 is 10.0 Å². The zero-order chi connectivity index (χ0) is 14.8. The molecule has 0 fully saturated rings. The van der Waals surface area contributed by atoms with Gasteiger partial charge in [0.15, 0.2) is 0 Å². The highest BCUT2D eigenvalue weighted by Gasteiger charge is 2.24. The second-order valence-electron chi connectivity index (χ2n) is 6.62. The monoisotopic (exact) mass is 296 g/mol. The van der Waals surface area contributed by atoms with Crippen LogP contribution in [0.5, 0.6) is 0 Å². The largest absolute Gasteiger partial charge is 0.308 e. The van der Waals surface area contributed by atoms with E-state index in [-0.39, 0.29) is 17.2 Å². The summed E-state index contributed by atoms with van der Waals surface area (Å²) in [5.74, 6) is 0.147. The van der Waals surface area contributed by atoms with Gasteiger partial charge in [0.05, 0.1) is 5.75 Å². The maximum atomic E-state index is 12.1. The van der Waals surface area contributed by atoms with Crippen LogP contribution in [0.25, 0.3) is 0 Å². The lowest BCUT2D eigenvalue weighted by Crippen LogP contribution is -2.41. The summed E-state index contributed by atoms with van der Waals surface area (Å²) in [6, 6.07) is 8.29. The van der Waals surface area contributed by atoms with Gasteiger partial charge in [0.2, 0.25) is 10.0 Å². The SMILES string of the molecule is CC(C)(C)CS(=O)(=O)NCC1NCCc2ccccc21. The van der Waals surface area contributed by atoms with Gasteiger partial charge in [-0.1, -0.05) is 45.0 Å². The molecule has 20 heavy (non-hydrogen) atoms. The van der Waals surface area contributed by atoms with Gasteiger partial charge in [-0.15, -0.1) is 0 Å². The second-order valence-corrected chi connectivity index (χ2v) is 8.43. The number of fused-ring (bicyclic) bond motifs is 1. The molecule has 0 saturated heterocycles. The molecule has 4 nitrogen and oxygen atoms in total. The predicted octanol–water partition coefficient (Wildman–Crippen LogP) is 1.84. The third kappa shape index (κ3) is 4.30. The normalized spacial score (nSPS) is 19.6. The van der Waals surface area contributed by atoms with E-state index in [1.807, 2.05) is 32.9 Å². The van der Waals surface area contributed by atoms with Crippen LogP contribution in [-0.4, -0.2) is 27.3 Å². The van der Waals surface area contributed by atoms with Crippen molar-refractivity contribution in [2.45, 2.75) is 33.2 Å². The van der Waals surface area contributed by atoms with Gasteiger partial charge in [-0.05, 0) is 29.5 Å². The van der Waals surface area contributed by atoms with Crippen LogP contribution in [0.4, 0.5) is 0 Å². The molecule has 0 amide bonds. The van der Waals surface area contributed by atoms with Gasteiger partial charge in [-0.25, -0.2) is 13.1 Å². The third-order valence-corrected chi connectivity index (χ3v) is 5.20. The average molecular weight is 296 g/mol. The molecular formula is C15H24N2O2S. The maximum Gasteiger partial charge on any atom is 0.212 e. The van der Waals surface area contributed by atoms with Crippen LogP contribution < -0.4 is 10.0 Å². The molecule has 1 aromatic carbocycles. The van der Waals surface area contributed by atoms with E-state index in [1.165, 1.54) is 11.1 Å². The van der Waals surface area contributed by atoms with E-state index in [9.17, 15) is 8.42 Å². The molecule has 1 atom stereocenters. The molecule has 1 aliphatic rings. The van der Waals surface area contributed by atoms with Gasteiger partial charge in [-0.2, -0.15) is 0 Å². The summed E-state index contributed by atoms with van der Waals surface area (Å²) >= 11 is 0. The van der Waals surface area contributed by atoms with Crippen LogP contribution in [0.3, 0.4) is 0 Å². The Hall–Kier alpha value is -0.910. The van der Waals surface area contributed by atoms with Crippen LogP contribution in [0.15, 0.2) is 24.3 Å². The van der Waals surface area contributed by atoms with Crippen molar-refractivity contribution in [1.29, 1.82) is 0 Å². The van der Waals surface area contributed by atoms with Gasteiger partial charge >= 0.3 is 0 Å². The zero-order valence-electron chi connectivity index (χ0n) is 12.4. The van der Waals surface area contributed by atoms with Gasteiger partial charge in [0.1, 0.15) is 0 Å². The Kier molecular flexibility index (Phi) is 4.52. The standard InChI is InChI=1S/C15H24N2O2S/c1-15(2,3)11-20(18,19)17-10-14-13-7-5-4-6-12(13)8-9-16-14/h4-7,14,16-17H,8-11H2,1-3H3. The fraction of sp³-hybridized carbons (Fsp3) is 0.600. The van der Waals surface area contributed by atoms with Crippen molar-refractivity contribution in [3.8, 4) is 0 Å². The Morgan fingerprint density at radius 1 is 1.30 bits per heavy atom. The zero-order valence-corrected chi connectivity index (χ0v) is 13.3. The summed E-state index contributed by atoms with van der Waals surface area (Å²) in [5, 5.41) is 3.38. The van der Waals surface area contributed by atoms with Gasteiger partial charge in [-0.3, -0.25) is 0 Å². The fourth-order valence-electron chi connectivity index (χ4n) is 2.61. The second kappa shape index (κ2) is 5.84. The number of hydrogen-bond donors (Lipinski definition) is 2. The lowest BCUT2D eigenvalue weighted by molar-refractivity contribution is 0.451. The quantitative estimate of drug-likeness (QED) is 0.891. The summed E-state index contributed by atoms with van der Waals surface area (Å²) in [4.78, 5) is 0. The van der Waals surface area contributed by atoms with Crippen molar-refractivity contribution in [3.05, 3.63) is 35.4 Å². The summed E-state index contributed by atoms with van der Waals surface area (Å²) in [6.07, 6.45) is 1.00. The Morgan fingerprint density at radius 2 is 2.00 bits per heavy atom. The first-order chi connectivity index (χ1) is 9.27. The van der Waals surface area contributed by atoms with Crippen molar-refractivity contribution < 1.29 is 8.42 Å². The molecule has 0 saturated carbocycles. The molecule has 0 bridgehead atoms. The Morgan fingerprint density at radius 3 is 2.70 bits per heavy atom. The minimum atomic E-state index is -3.23. The molecule has 0 radical (unpaired) electrons. The molecule has 112 valence electrons. The number of hydrogen-bond acceptors (Lipinski definition) is 3. The van der Waals surface area contributed by atoms with Gasteiger partial charge < -0.3 is 5.32 Å². The molecule has 1 aliphatic heterocycles. The fourth-order valence-corrected chi connectivity index (χ4v) is 4.27. The molecule has 1 unspecified atom stereocenters. The Labute approximate surface area is 122 Å². The summed E-state index contributed by atoms with van der Waals surface area (Å²) in [5.41, 5.74) is 2.28. The summed E-state index contributed by atoms with van der Waals surface area (Å²) < 4.78 is 26.9. The van der Waals surface area contributed by atoms with E-state index >= 15 is 0 Å². The number of rotatable bonds is 4. The highest BCUT2D eigenvalue weighted by molar-refractivity contribution is 7.89. The highest BCUT2D eigenvalue weighted by Crippen LogP contribution is 2.22. The van der Waals surface area contributed by atoms with Crippen LogP contribution in [0.2, 0.25) is 0 Å². The number of benzene rings is 1. The first-order valence-electron chi connectivity index (χ1n) is 7.05. The Bertz CT molecular complexity index is 561. The lowest BCUT2D eigenvalue weighted by Gasteiger charge is -2.27. The number of nitrogens with one attached hydrogen (secondary N) is 2. The van der Waals surface area contributed by atoms with E-state index in [4.69, 9.17) is 0 Å². The molecule has 0 aromatic heterocycles. The van der Waals surface area contributed by atoms with Gasteiger partial charge in [0.25, 0.3) is 0 Å². The van der Waals surface area contributed by atoms with Crippen LogP contribution in [0.1, 0.15) is 37.9 Å². The molecule has 0 spiro atoms. The predicted molar refractivity (Wildman–Crippen MR) is 82.1 cm³/mol. The van der Waals surface area contributed by atoms with Crippen LogP contribution in [-0.2, 0) is 16.4 Å². The molecule has 2 rings (SSSR count). The molecule has 1 heterocycles. The molecular weight excluding hydrogens is 272 g/mol. The molecule has 2 N–H and O–H groups in total.